The zero-order valence-electron chi connectivity index (χ0n) is 16.5. The fourth-order valence-electron chi connectivity index (χ4n) is 4.03. The Balaban J connectivity index is 1.41. The highest BCUT2D eigenvalue weighted by atomic mass is 16.8. The van der Waals surface area contributed by atoms with Gasteiger partial charge in [-0.1, -0.05) is 24.6 Å². The first kappa shape index (κ1) is 20.8. The number of unbranched alkanes of at least 4 members (excludes halogenated alkanes) is 2. The molecule has 0 radical (unpaired) electrons. The highest BCUT2D eigenvalue weighted by molar-refractivity contribution is 5.89. The SMILES string of the molecule is CC1(C)O[C@@H]2[C@H](O)CN(C(=O)CCCCCc3ccccc3C(=O)O)C[C@@H]2O1. The molecule has 0 bridgehead atoms. The lowest BCUT2D eigenvalue weighted by Gasteiger charge is -2.36. The van der Waals surface area contributed by atoms with Crippen molar-refractivity contribution in [2.75, 3.05) is 13.1 Å². The number of benzene rings is 1. The normalized spacial score (nSPS) is 26.1. The van der Waals surface area contributed by atoms with Crippen molar-refractivity contribution in [3.05, 3.63) is 35.4 Å². The molecule has 0 aliphatic carbocycles. The van der Waals surface area contributed by atoms with E-state index in [1.807, 2.05) is 26.0 Å². The molecule has 2 aliphatic heterocycles. The highest BCUT2D eigenvalue weighted by Crippen LogP contribution is 2.33. The second-order valence-electron chi connectivity index (χ2n) is 8.03. The molecule has 2 saturated heterocycles. The maximum absolute atomic E-state index is 12.5. The Bertz CT molecular complexity index is 719. The van der Waals surface area contributed by atoms with Crippen LogP contribution in [0.3, 0.4) is 0 Å². The number of carboxylic acids is 1. The molecule has 0 aromatic heterocycles. The number of β-amino-alcohol motifs (C(OH)–C–C–N with tert-alkyl or cyclic N) is 1. The Hall–Kier alpha value is -1.96. The van der Waals surface area contributed by atoms with Gasteiger partial charge < -0.3 is 24.6 Å². The summed E-state index contributed by atoms with van der Waals surface area (Å²) in [5.74, 6) is -1.63. The number of amides is 1. The van der Waals surface area contributed by atoms with Crippen LogP contribution >= 0.6 is 0 Å². The van der Waals surface area contributed by atoms with Gasteiger partial charge in [0.2, 0.25) is 5.91 Å². The summed E-state index contributed by atoms with van der Waals surface area (Å²) < 4.78 is 11.5. The first-order valence-corrected chi connectivity index (χ1v) is 9.89. The van der Waals surface area contributed by atoms with Crippen LogP contribution in [-0.4, -0.2) is 64.2 Å². The molecular weight excluding hydrogens is 362 g/mol. The van der Waals surface area contributed by atoms with Gasteiger partial charge in [-0.2, -0.15) is 0 Å². The molecule has 2 fully saturated rings. The van der Waals surface area contributed by atoms with Crippen LogP contribution in [0.4, 0.5) is 0 Å². The van der Waals surface area contributed by atoms with Crippen LogP contribution in [0.5, 0.6) is 0 Å². The lowest BCUT2D eigenvalue weighted by Crippen LogP contribution is -2.55. The summed E-state index contributed by atoms with van der Waals surface area (Å²) in [6.07, 6.45) is 2.08. The van der Waals surface area contributed by atoms with Gasteiger partial charge in [-0.15, -0.1) is 0 Å². The fraction of sp³-hybridized carbons (Fsp3) is 0.619. The van der Waals surface area contributed by atoms with Crippen molar-refractivity contribution in [2.24, 2.45) is 0 Å². The molecule has 2 heterocycles. The first-order chi connectivity index (χ1) is 13.3. The molecule has 0 saturated carbocycles. The number of piperidine rings is 1. The molecule has 1 amide bonds. The van der Waals surface area contributed by atoms with Crippen molar-refractivity contribution < 1.29 is 29.3 Å². The standard InChI is InChI=1S/C21H29NO6/c1-21(2)27-17-13-22(12-16(23)19(17)28-21)18(24)11-5-3-4-8-14-9-6-7-10-15(14)20(25)26/h6-7,9-10,16-17,19,23H,3-5,8,11-13H2,1-2H3,(H,25,26)/t16-,17+,19-/m1/s1. The van der Waals surface area contributed by atoms with Crippen LogP contribution in [0.2, 0.25) is 0 Å². The number of nitrogens with zero attached hydrogens (tertiary/aromatic N) is 1. The van der Waals surface area contributed by atoms with Crippen molar-refractivity contribution >= 4 is 11.9 Å². The number of carboxylic acid groups (broad SMARTS) is 1. The number of hydrogen-bond donors (Lipinski definition) is 2. The third kappa shape index (κ3) is 4.90. The Morgan fingerprint density at radius 2 is 1.89 bits per heavy atom. The van der Waals surface area contributed by atoms with Crippen LogP contribution < -0.4 is 0 Å². The second kappa shape index (κ2) is 8.59. The number of likely N-dealkylation sites (tertiary alicyclic amines) is 1. The molecular formula is C21H29NO6. The summed E-state index contributed by atoms with van der Waals surface area (Å²) >= 11 is 0. The van der Waals surface area contributed by atoms with E-state index in [2.05, 4.69) is 0 Å². The molecule has 2 N–H and O–H groups in total. The van der Waals surface area contributed by atoms with Gasteiger partial charge in [0.05, 0.1) is 5.56 Å². The van der Waals surface area contributed by atoms with Gasteiger partial charge in [-0.25, -0.2) is 4.79 Å². The minimum atomic E-state index is -0.908. The van der Waals surface area contributed by atoms with Crippen molar-refractivity contribution in [3.63, 3.8) is 0 Å². The van der Waals surface area contributed by atoms with E-state index in [1.54, 1.807) is 17.0 Å². The maximum atomic E-state index is 12.5. The summed E-state index contributed by atoms with van der Waals surface area (Å²) in [6, 6.07) is 7.03. The van der Waals surface area contributed by atoms with Crippen LogP contribution in [0.15, 0.2) is 24.3 Å². The quantitative estimate of drug-likeness (QED) is 0.692. The Kier molecular flexibility index (Phi) is 6.37. The van der Waals surface area contributed by atoms with E-state index in [0.29, 0.717) is 24.9 Å². The van der Waals surface area contributed by atoms with Crippen molar-refractivity contribution in [1.29, 1.82) is 0 Å². The van der Waals surface area contributed by atoms with Crippen LogP contribution in [0, 0.1) is 0 Å². The lowest BCUT2D eigenvalue weighted by atomic mass is 10.00. The predicted molar refractivity (Wildman–Crippen MR) is 102 cm³/mol. The number of ether oxygens (including phenoxy) is 2. The van der Waals surface area contributed by atoms with Gasteiger partial charge >= 0.3 is 5.97 Å². The monoisotopic (exact) mass is 391 g/mol. The summed E-state index contributed by atoms with van der Waals surface area (Å²) in [5, 5.41) is 19.5. The smallest absolute Gasteiger partial charge is 0.335 e. The minimum absolute atomic E-state index is 0.0109. The average Bonchev–Trinajstić information content (AvgIpc) is 2.96. The molecule has 7 heteroatoms. The predicted octanol–water partition coefficient (Wildman–Crippen LogP) is 2.21. The number of aromatic carboxylic acids is 1. The van der Waals surface area contributed by atoms with Gasteiger partial charge in [0, 0.05) is 19.5 Å². The molecule has 28 heavy (non-hydrogen) atoms. The summed E-state index contributed by atoms with van der Waals surface area (Å²) in [4.78, 5) is 25.4. The molecule has 3 rings (SSSR count). The van der Waals surface area contributed by atoms with Gasteiger partial charge in [0.25, 0.3) is 0 Å². The minimum Gasteiger partial charge on any atom is -0.478 e. The van der Waals surface area contributed by atoms with E-state index in [9.17, 15) is 19.8 Å². The zero-order chi connectivity index (χ0) is 20.3. The maximum Gasteiger partial charge on any atom is 0.335 e. The molecule has 1 aromatic carbocycles. The largest absolute Gasteiger partial charge is 0.478 e. The molecule has 1 aromatic rings. The third-order valence-electron chi connectivity index (χ3n) is 5.35. The number of hydrogen-bond acceptors (Lipinski definition) is 5. The number of aliphatic hydroxyl groups is 1. The average molecular weight is 391 g/mol. The number of carbonyl (C=O) groups is 2. The van der Waals surface area contributed by atoms with E-state index in [-0.39, 0.29) is 24.7 Å². The lowest BCUT2D eigenvalue weighted by molar-refractivity contribution is -0.152. The van der Waals surface area contributed by atoms with Crippen molar-refractivity contribution in [3.8, 4) is 0 Å². The topological polar surface area (TPSA) is 96.3 Å². The molecule has 3 atom stereocenters. The van der Waals surface area contributed by atoms with Gasteiger partial charge in [0.1, 0.15) is 18.3 Å². The summed E-state index contributed by atoms with van der Waals surface area (Å²) in [7, 11) is 0. The van der Waals surface area contributed by atoms with E-state index in [4.69, 9.17) is 9.47 Å². The summed E-state index contributed by atoms with van der Waals surface area (Å²) in [5.41, 5.74) is 1.17. The van der Waals surface area contributed by atoms with Crippen LogP contribution in [0.1, 0.15) is 55.5 Å². The number of aryl methyl sites for hydroxylation is 1. The Labute approximate surface area is 165 Å². The molecule has 0 spiro atoms. The van der Waals surface area contributed by atoms with Crippen molar-refractivity contribution in [1.82, 2.24) is 4.90 Å². The van der Waals surface area contributed by atoms with E-state index < -0.39 is 17.9 Å². The van der Waals surface area contributed by atoms with Gasteiger partial charge in [-0.3, -0.25) is 4.79 Å². The Morgan fingerprint density at radius 3 is 2.64 bits per heavy atom. The Morgan fingerprint density at radius 1 is 1.14 bits per heavy atom. The summed E-state index contributed by atoms with van der Waals surface area (Å²) in [6.45, 7) is 4.33. The van der Waals surface area contributed by atoms with Crippen LogP contribution in [-0.2, 0) is 20.7 Å². The number of fused-ring (bicyclic) bond motifs is 1. The van der Waals surface area contributed by atoms with E-state index in [1.165, 1.54) is 0 Å². The highest BCUT2D eigenvalue weighted by Gasteiger charge is 2.49. The van der Waals surface area contributed by atoms with E-state index in [0.717, 1.165) is 24.8 Å². The van der Waals surface area contributed by atoms with Crippen molar-refractivity contribution in [2.45, 2.75) is 70.1 Å². The molecule has 7 nitrogen and oxygen atoms in total. The van der Waals surface area contributed by atoms with Gasteiger partial charge in [0.15, 0.2) is 5.79 Å². The third-order valence-corrected chi connectivity index (χ3v) is 5.35. The van der Waals surface area contributed by atoms with Gasteiger partial charge in [-0.05, 0) is 44.7 Å². The first-order valence-electron chi connectivity index (χ1n) is 9.89. The second-order valence-corrected chi connectivity index (χ2v) is 8.03. The fourth-order valence-corrected chi connectivity index (χ4v) is 4.03. The zero-order valence-corrected chi connectivity index (χ0v) is 16.5. The molecule has 154 valence electrons. The molecule has 2 aliphatic rings. The number of rotatable bonds is 7. The molecule has 0 unspecified atom stereocenters. The van der Waals surface area contributed by atoms with E-state index >= 15 is 0 Å². The number of carbonyl (C=O) groups excluding carboxylic acids is 1. The van der Waals surface area contributed by atoms with Crippen LogP contribution in [0.25, 0.3) is 0 Å². The number of aliphatic hydroxyl groups excluding tert-OH is 1.